The summed E-state index contributed by atoms with van der Waals surface area (Å²) in [5, 5.41) is 3.80. The average Bonchev–Trinajstić information content (AvgIpc) is 2.30. The number of hydrogen-bond donors (Lipinski definition) is 1. The van der Waals surface area contributed by atoms with Crippen LogP contribution in [0.15, 0.2) is 16.0 Å². The second-order valence-electron chi connectivity index (χ2n) is 3.25. The molecule has 6 heteroatoms. The van der Waals surface area contributed by atoms with Gasteiger partial charge in [-0.1, -0.05) is 0 Å². The Morgan fingerprint density at radius 3 is 2.69 bits per heavy atom. The Labute approximate surface area is 106 Å². The number of aromatic nitrogens is 1. The molecular formula is C10H15BN2OS2. The Morgan fingerprint density at radius 1 is 1.50 bits per heavy atom. The third-order valence-corrected chi connectivity index (χ3v) is 3.52. The zero-order chi connectivity index (χ0) is 12.1. The molecule has 0 saturated carbocycles. The van der Waals surface area contributed by atoms with Crippen molar-refractivity contribution in [2.45, 2.75) is 23.2 Å². The first kappa shape index (κ1) is 13.4. The lowest BCUT2D eigenvalue weighted by Gasteiger charge is -2.13. The lowest BCUT2D eigenvalue weighted by molar-refractivity contribution is -0.114. The number of carbonyl (C=O) groups is 1. The molecule has 0 fully saturated rings. The van der Waals surface area contributed by atoms with Crippen LogP contribution in [0.4, 0.5) is 5.69 Å². The molecular weight excluding hydrogens is 239 g/mol. The van der Waals surface area contributed by atoms with E-state index in [4.69, 9.17) is 0 Å². The molecule has 0 radical (unpaired) electrons. The van der Waals surface area contributed by atoms with Crippen molar-refractivity contribution in [3.05, 3.63) is 11.8 Å². The van der Waals surface area contributed by atoms with Gasteiger partial charge in [0, 0.05) is 10.6 Å². The van der Waals surface area contributed by atoms with Crippen LogP contribution in [0, 0.1) is 6.92 Å². The van der Waals surface area contributed by atoms with Crippen LogP contribution in [-0.4, -0.2) is 31.2 Å². The maximum absolute atomic E-state index is 11.4. The molecule has 0 spiro atoms. The molecule has 1 rings (SSSR count). The summed E-state index contributed by atoms with van der Waals surface area (Å²) < 4.78 is 0. The van der Waals surface area contributed by atoms with E-state index < -0.39 is 0 Å². The number of nitrogens with one attached hydrogen (secondary N) is 1. The average molecular weight is 254 g/mol. The predicted molar refractivity (Wildman–Crippen MR) is 74.5 cm³/mol. The van der Waals surface area contributed by atoms with E-state index in [9.17, 15) is 4.79 Å². The first-order valence-corrected chi connectivity index (χ1v) is 7.46. The molecule has 0 aliphatic heterocycles. The van der Waals surface area contributed by atoms with Crippen molar-refractivity contribution < 1.29 is 4.79 Å². The van der Waals surface area contributed by atoms with Crippen molar-refractivity contribution >= 4 is 43.0 Å². The number of carbonyl (C=O) groups excluding carboxylic acids is 1. The van der Waals surface area contributed by atoms with E-state index >= 15 is 0 Å². The van der Waals surface area contributed by atoms with Crippen LogP contribution < -0.4 is 5.32 Å². The number of rotatable bonds is 4. The lowest BCUT2D eigenvalue weighted by atomic mass is 10.1. The van der Waals surface area contributed by atoms with E-state index in [0.717, 1.165) is 21.3 Å². The molecule has 1 heterocycles. The Morgan fingerprint density at radius 2 is 2.19 bits per heavy atom. The van der Waals surface area contributed by atoms with Gasteiger partial charge in [0.15, 0.2) is 0 Å². The Balaban J connectivity index is 3.16. The third-order valence-electron chi connectivity index (χ3n) is 2.08. The van der Waals surface area contributed by atoms with Gasteiger partial charge in [-0.25, -0.2) is 4.98 Å². The van der Waals surface area contributed by atoms with Gasteiger partial charge in [-0.3, -0.25) is 4.79 Å². The Bertz CT molecular complexity index is 373. The molecule has 1 aromatic heterocycles. The fourth-order valence-electron chi connectivity index (χ4n) is 1.27. The van der Waals surface area contributed by atoms with Crippen molar-refractivity contribution in [2.75, 3.05) is 17.8 Å². The lowest BCUT2D eigenvalue weighted by Crippen LogP contribution is -2.12. The fraction of sp³-hybridized carbons (Fsp3) is 0.400. The number of amides is 1. The summed E-state index contributed by atoms with van der Waals surface area (Å²) in [6.07, 6.45) is 4.45. The first-order chi connectivity index (χ1) is 7.62. The van der Waals surface area contributed by atoms with Crippen LogP contribution in [0.1, 0.15) is 5.69 Å². The molecule has 0 bridgehead atoms. The zero-order valence-corrected chi connectivity index (χ0v) is 11.6. The minimum Gasteiger partial charge on any atom is -0.323 e. The highest BCUT2D eigenvalue weighted by molar-refractivity contribution is 7.99. The van der Waals surface area contributed by atoms with Crippen molar-refractivity contribution in [2.24, 2.45) is 0 Å². The fourth-order valence-corrected chi connectivity index (χ4v) is 2.57. The van der Waals surface area contributed by atoms with Crippen LogP contribution in [0.5, 0.6) is 0 Å². The van der Waals surface area contributed by atoms with Crippen LogP contribution in [0.25, 0.3) is 0 Å². The molecule has 0 aliphatic rings. The van der Waals surface area contributed by atoms with Crippen molar-refractivity contribution in [3.63, 3.8) is 0 Å². The maximum atomic E-state index is 11.4. The largest absolute Gasteiger partial charge is 0.323 e. The van der Waals surface area contributed by atoms with Gasteiger partial charge in [-0.15, -0.1) is 23.5 Å². The molecule has 0 aliphatic carbocycles. The standard InChI is InChI=1S/C10H15BN2OS2/c1-6-4-7(15-2)9(10(12-6)16-3)13-8(14)5-11/h4H,5,11H2,1-3H3,(H,13,14). The van der Waals surface area contributed by atoms with E-state index in [0.29, 0.717) is 6.32 Å². The smallest absolute Gasteiger partial charge is 0.216 e. The number of pyridine rings is 1. The Kier molecular flexibility index (Phi) is 5.21. The highest BCUT2D eigenvalue weighted by Crippen LogP contribution is 2.33. The summed E-state index contributed by atoms with van der Waals surface area (Å²) in [7, 11) is 1.84. The highest BCUT2D eigenvalue weighted by atomic mass is 32.2. The quantitative estimate of drug-likeness (QED) is 0.657. The maximum Gasteiger partial charge on any atom is 0.216 e. The van der Waals surface area contributed by atoms with E-state index in [-0.39, 0.29) is 5.91 Å². The summed E-state index contributed by atoms with van der Waals surface area (Å²) >= 11 is 3.18. The molecule has 86 valence electrons. The summed E-state index contributed by atoms with van der Waals surface area (Å²) in [6, 6.07) is 2.00. The van der Waals surface area contributed by atoms with Gasteiger partial charge in [0.2, 0.25) is 5.91 Å². The van der Waals surface area contributed by atoms with Crippen molar-refractivity contribution in [3.8, 4) is 0 Å². The Hall–Kier alpha value is -0.615. The van der Waals surface area contributed by atoms with Gasteiger partial charge in [-0.05, 0) is 31.8 Å². The molecule has 1 N–H and O–H groups in total. The predicted octanol–water partition coefficient (Wildman–Crippen LogP) is 1.82. The van der Waals surface area contributed by atoms with E-state index in [1.807, 2.05) is 33.3 Å². The molecule has 16 heavy (non-hydrogen) atoms. The zero-order valence-electron chi connectivity index (χ0n) is 9.96. The van der Waals surface area contributed by atoms with Crippen LogP contribution >= 0.6 is 23.5 Å². The molecule has 0 atom stereocenters. The second kappa shape index (κ2) is 6.20. The van der Waals surface area contributed by atoms with Gasteiger partial charge in [0.1, 0.15) is 12.9 Å². The molecule has 0 unspecified atom stereocenters. The molecule has 1 amide bonds. The summed E-state index contributed by atoms with van der Waals surface area (Å²) in [4.78, 5) is 16.9. The van der Waals surface area contributed by atoms with Gasteiger partial charge in [0.25, 0.3) is 0 Å². The van der Waals surface area contributed by atoms with Crippen molar-refractivity contribution in [1.82, 2.24) is 4.98 Å². The van der Waals surface area contributed by atoms with E-state index in [1.165, 1.54) is 0 Å². The number of hydrogen-bond acceptors (Lipinski definition) is 4. The number of nitrogens with zero attached hydrogens (tertiary/aromatic N) is 1. The third kappa shape index (κ3) is 3.19. The number of anilines is 1. The monoisotopic (exact) mass is 254 g/mol. The second-order valence-corrected chi connectivity index (χ2v) is 4.89. The van der Waals surface area contributed by atoms with Crippen molar-refractivity contribution in [1.29, 1.82) is 0 Å². The van der Waals surface area contributed by atoms with Crippen LogP contribution in [0.2, 0.25) is 6.32 Å². The molecule has 0 aromatic carbocycles. The topological polar surface area (TPSA) is 42.0 Å². The first-order valence-electron chi connectivity index (χ1n) is 5.01. The van der Waals surface area contributed by atoms with Gasteiger partial charge >= 0.3 is 0 Å². The molecule has 0 saturated heterocycles. The number of thioether (sulfide) groups is 2. The molecule has 1 aromatic rings. The summed E-state index contributed by atoms with van der Waals surface area (Å²) in [5.74, 6) is 0.0243. The summed E-state index contributed by atoms with van der Waals surface area (Å²) in [6.45, 7) is 1.96. The van der Waals surface area contributed by atoms with Gasteiger partial charge in [-0.2, -0.15) is 0 Å². The van der Waals surface area contributed by atoms with E-state index in [1.54, 1.807) is 23.5 Å². The normalized spacial score (nSPS) is 10.2. The minimum atomic E-state index is 0.0243. The van der Waals surface area contributed by atoms with E-state index in [2.05, 4.69) is 10.3 Å². The van der Waals surface area contributed by atoms with Crippen LogP contribution in [0.3, 0.4) is 0 Å². The highest BCUT2D eigenvalue weighted by Gasteiger charge is 2.12. The molecule has 3 nitrogen and oxygen atoms in total. The SMILES string of the molecule is BCC(=O)Nc1c(SC)cc(C)nc1SC. The minimum absolute atomic E-state index is 0.0243. The van der Waals surface area contributed by atoms with Gasteiger partial charge < -0.3 is 5.32 Å². The van der Waals surface area contributed by atoms with Crippen LogP contribution in [-0.2, 0) is 4.79 Å². The van der Waals surface area contributed by atoms with Gasteiger partial charge in [0.05, 0.1) is 5.69 Å². The summed E-state index contributed by atoms with van der Waals surface area (Å²) in [5.41, 5.74) is 1.82. The number of aryl methyl sites for hydroxylation is 1.